The molecule has 2 heterocycles. The lowest BCUT2D eigenvalue weighted by Gasteiger charge is -2.44. The first-order chi connectivity index (χ1) is 17.7. The molecule has 36 heavy (non-hydrogen) atoms. The summed E-state index contributed by atoms with van der Waals surface area (Å²) in [5, 5.41) is 0. The van der Waals surface area contributed by atoms with E-state index in [4.69, 9.17) is 4.74 Å². The number of fused-ring (bicyclic) bond motifs is 1. The molecule has 2 unspecified atom stereocenters. The summed E-state index contributed by atoms with van der Waals surface area (Å²) in [5.41, 5.74) is 3.80. The van der Waals surface area contributed by atoms with Crippen LogP contribution in [0.2, 0.25) is 0 Å². The normalized spacial score (nSPS) is 20.3. The molecule has 186 valence electrons. The van der Waals surface area contributed by atoms with Gasteiger partial charge in [0.05, 0.1) is 18.6 Å². The van der Waals surface area contributed by atoms with Crippen LogP contribution in [0.4, 0.5) is 0 Å². The number of benzene rings is 3. The Balaban J connectivity index is 1.43. The molecular weight excluding hydrogens is 448 g/mol. The van der Waals surface area contributed by atoms with Crippen LogP contribution >= 0.6 is 0 Å². The molecule has 5 heteroatoms. The van der Waals surface area contributed by atoms with Crippen molar-refractivity contribution in [2.75, 3.05) is 33.4 Å². The van der Waals surface area contributed by atoms with Crippen LogP contribution in [-0.2, 0) is 16.0 Å². The summed E-state index contributed by atoms with van der Waals surface area (Å²) in [4.78, 5) is 31.7. The maximum absolute atomic E-state index is 14.2. The fourth-order valence-electron chi connectivity index (χ4n) is 5.82. The standard InChI is InChI=1S/C31H34N2O3/c1-36-21-20-33-29(25-12-6-3-7-13-25)28(26-14-8-9-15-27(26)30(33)34)31(35)32-18-16-24(17-19-32)22-23-10-4-2-5-11-23/h2-15,24,28-29H,16-22H2,1H3. The Morgan fingerprint density at radius 1 is 0.889 bits per heavy atom. The lowest BCUT2D eigenvalue weighted by Crippen LogP contribution is -2.50. The summed E-state index contributed by atoms with van der Waals surface area (Å²) in [5.74, 6) is 0.218. The number of amides is 2. The minimum atomic E-state index is -0.441. The molecule has 0 radical (unpaired) electrons. The third-order valence-electron chi connectivity index (χ3n) is 7.68. The van der Waals surface area contributed by atoms with Crippen LogP contribution in [0, 0.1) is 5.92 Å². The summed E-state index contributed by atoms with van der Waals surface area (Å²) in [6, 6.07) is 27.9. The molecule has 0 spiro atoms. The van der Waals surface area contributed by atoms with Crippen molar-refractivity contribution >= 4 is 11.8 Å². The largest absolute Gasteiger partial charge is 0.383 e. The maximum atomic E-state index is 14.2. The van der Waals surface area contributed by atoms with Gasteiger partial charge in [-0.15, -0.1) is 0 Å². The Morgan fingerprint density at radius 2 is 1.53 bits per heavy atom. The second-order valence-corrected chi connectivity index (χ2v) is 9.87. The molecule has 5 nitrogen and oxygen atoms in total. The van der Waals surface area contributed by atoms with Crippen molar-refractivity contribution in [3.63, 3.8) is 0 Å². The van der Waals surface area contributed by atoms with Crippen LogP contribution < -0.4 is 0 Å². The summed E-state index contributed by atoms with van der Waals surface area (Å²) >= 11 is 0. The summed E-state index contributed by atoms with van der Waals surface area (Å²) in [6.45, 7) is 2.36. The van der Waals surface area contributed by atoms with Gasteiger partial charge in [-0.25, -0.2) is 0 Å². The molecule has 2 atom stereocenters. The highest BCUT2D eigenvalue weighted by molar-refractivity contribution is 6.01. The quantitative estimate of drug-likeness (QED) is 0.471. The molecule has 1 saturated heterocycles. The second kappa shape index (κ2) is 11.1. The van der Waals surface area contributed by atoms with Gasteiger partial charge in [0, 0.05) is 32.3 Å². The van der Waals surface area contributed by atoms with Crippen LogP contribution in [0.25, 0.3) is 0 Å². The van der Waals surface area contributed by atoms with Crippen molar-refractivity contribution in [1.82, 2.24) is 9.80 Å². The van der Waals surface area contributed by atoms with Gasteiger partial charge in [-0.3, -0.25) is 9.59 Å². The Hall–Kier alpha value is -3.44. The fourth-order valence-corrected chi connectivity index (χ4v) is 5.82. The fraction of sp³-hybridized carbons (Fsp3) is 0.355. The number of piperidine rings is 1. The second-order valence-electron chi connectivity index (χ2n) is 9.87. The molecule has 5 rings (SSSR count). The molecule has 0 bridgehead atoms. The number of methoxy groups -OCH3 is 1. The van der Waals surface area contributed by atoms with E-state index in [2.05, 4.69) is 30.3 Å². The number of carbonyl (C=O) groups is 2. The van der Waals surface area contributed by atoms with Crippen molar-refractivity contribution in [2.24, 2.45) is 5.92 Å². The number of likely N-dealkylation sites (tertiary alicyclic amines) is 1. The van der Waals surface area contributed by atoms with Gasteiger partial charge in [0.15, 0.2) is 0 Å². The zero-order valence-corrected chi connectivity index (χ0v) is 20.9. The van der Waals surface area contributed by atoms with Gasteiger partial charge >= 0.3 is 0 Å². The monoisotopic (exact) mass is 482 g/mol. The van der Waals surface area contributed by atoms with Crippen LogP contribution in [0.5, 0.6) is 0 Å². The van der Waals surface area contributed by atoms with Crippen LogP contribution in [-0.4, -0.2) is 55.0 Å². The van der Waals surface area contributed by atoms with Gasteiger partial charge < -0.3 is 14.5 Å². The van der Waals surface area contributed by atoms with E-state index in [1.165, 1.54) is 5.56 Å². The summed E-state index contributed by atoms with van der Waals surface area (Å²) in [6.07, 6.45) is 3.05. The van der Waals surface area contributed by atoms with E-state index in [1.54, 1.807) is 7.11 Å². The van der Waals surface area contributed by atoms with Crippen molar-refractivity contribution in [1.29, 1.82) is 0 Å². The predicted octanol–water partition coefficient (Wildman–Crippen LogP) is 5.10. The summed E-state index contributed by atoms with van der Waals surface area (Å²) in [7, 11) is 1.64. The lowest BCUT2D eigenvalue weighted by molar-refractivity contribution is -0.136. The molecule has 0 saturated carbocycles. The molecule has 2 aliphatic rings. The zero-order chi connectivity index (χ0) is 24.9. The lowest BCUT2D eigenvalue weighted by atomic mass is 9.78. The van der Waals surface area contributed by atoms with Crippen LogP contribution in [0.1, 0.15) is 51.8 Å². The highest BCUT2D eigenvalue weighted by Gasteiger charge is 2.45. The first kappa shape index (κ1) is 24.3. The van der Waals surface area contributed by atoms with E-state index >= 15 is 0 Å². The average molecular weight is 483 g/mol. The number of ether oxygens (including phenoxy) is 1. The molecular formula is C31H34N2O3. The van der Waals surface area contributed by atoms with Gasteiger partial charge in [-0.1, -0.05) is 78.9 Å². The highest BCUT2D eigenvalue weighted by atomic mass is 16.5. The van der Waals surface area contributed by atoms with Crippen molar-refractivity contribution in [3.8, 4) is 0 Å². The maximum Gasteiger partial charge on any atom is 0.254 e. The van der Waals surface area contributed by atoms with Gasteiger partial charge in [-0.05, 0) is 47.9 Å². The molecule has 1 fully saturated rings. The average Bonchev–Trinajstić information content (AvgIpc) is 2.93. The van der Waals surface area contributed by atoms with Crippen molar-refractivity contribution < 1.29 is 14.3 Å². The molecule has 0 aromatic heterocycles. The Bertz CT molecular complexity index is 1170. The Morgan fingerprint density at radius 3 is 2.22 bits per heavy atom. The van der Waals surface area contributed by atoms with Crippen LogP contribution in [0.15, 0.2) is 84.9 Å². The van der Waals surface area contributed by atoms with Gasteiger partial charge in [0.25, 0.3) is 5.91 Å². The third-order valence-corrected chi connectivity index (χ3v) is 7.68. The number of nitrogens with zero attached hydrogens (tertiary/aromatic N) is 2. The predicted molar refractivity (Wildman–Crippen MR) is 141 cm³/mol. The number of hydrogen-bond acceptors (Lipinski definition) is 3. The highest BCUT2D eigenvalue weighted by Crippen LogP contribution is 2.44. The van der Waals surface area contributed by atoms with E-state index in [9.17, 15) is 9.59 Å². The number of rotatable bonds is 7. The third kappa shape index (κ3) is 4.93. The van der Waals surface area contributed by atoms with Crippen molar-refractivity contribution in [2.45, 2.75) is 31.2 Å². The van der Waals surface area contributed by atoms with Gasteiger partial charge in [0.1, 0.15) is 0 Å². The van der Waals surface area contributed by atoms with E-state index in [1.807, 2.05) is 64.4 Å². The Kier molecular flexibility index (Phi) is 7.47. The smallest absolute Gasteiger partial charge is 0.254 e. The van der Waals surface area contributed by atoms with Crippen molar-refractivity contribution in [3.05, 3.63) is 107 Å². The zero-order valence-electron chi connectivity index (χ0n) is 20.9. The molecule has 0 aliphatic carbocycles. The van der Waals surface area contributed by atoms with E-state index in [0.29, 0.717) is 24.6 Å². The first-order valence-corrected chi connectivity index (χ1v) is 12.9. The minimum Gasteiger partial charge on any atom is -0.383 e. The van der Waals surface area contributed by atoms with Crippen LogP contribution in [0.3, 0.4) is 0 Å². The molecule has 0 N–H and O–H groups in total. The molecule has 2 aliphatic heterocycles. The molecule has 3 aromatic carbocycles. The van der Waals surface area contributed by atoms with Gasteiger partial charge in [-0.2, -0.15) is 0 Å². The number of hydrogen-bond donors (Lipinski definition) is 0. The van der Waals surface area contributed by atoms with Gasteiger partial charge in [0.2, 0.25) is 5.91 Å². The first-order valence-electron chi connectivity index (χ1n) is 12.9. The Labute approximate surface area is 213 Å². The minimum absolute atomic E-state index is 0.0397. The van der Waals surface area contributed by atoms with E-state index in [0.717, 1.165) is 43.5 Å². The molecule has 3 aromatic rings. The topological polar surface area (TPSA) is 49.9 Å². The SMILES string of the molecule is COCCN1C(=O)c2ccccc2C(C(=O)N2CCC(Cc3ccccc3)CC2)C1c1ccccc1. The van der Waals surface area contributed by atoms with E-state index in [-0.39, 0.29) is 17.9 Å². The number of carbonyl (C=O) groups excluding carboxylic acids is 2. The molecule has 2 amide bonds. The summed E-state index contributed by atoms with van der Waals surface area (Å²) < 4.78 is 5.35. The van der Waals surface area contributed by atoms with E-state index < -0.39 is 5.92 Å².